The molecule has 1 heterocycles. The van der Waals surface area contributed by atoms with Crippen LogP contribution < -0.4 is 5.32 Å². The molecule has 1 N–H and O–H groups in total. The van der Waals surface area contributed by atoms with Crippen molar-refractivity contribution in [3.63, 3.8) is 0 Å². The molecule has 5 heteroatoms. The van der Waals surface area contributed by atoms with Crippen molar-refractivity contribution < 1.29 is 4.79 Å². The Morgan fingerprint density at radius 2 is 2.50 bits per heavy atom. The summed E-state index contributed by atoms with van der Waals surface area (Å²) >= 11 is 3.13. The molecule has 0 atom stereocenters. The molecular formula is C7H4BrN3O. The monoisotopic (exact) mass is 225 g/mol. The van der Waals surface area contributed by atoms with Crippen molar-refractivity contribution >= 4 is 21.8 Å². The van der Waals surface area contributed by atoms with E-state index >= 15 is 0 Å². The van der Waals surface area contributed by atoms with E-state index in [2.05, 4.69) is 20.9 Å². The average molecular weight is 226 g/mol. The molecule has 0 fully saturated rings. The SMILES string of the molecule is N#CNC(=O)c1ncccc1Br. The lowest BCUT2D eigenvalue weighted by atomic mass is 10.3. The first-order valence-corrected chi connectivity index (χ1v) is 3.85. The molecule has 1 amide bonds. The van der Waals surface area contributed by atoms with E-state index in [4.69, 9.17) is 5.26 Å². The highest BCUT2D eigenvalue weighted by Gasteiger charge is 2.08. The first kappa shape index (κ1) is 8.68. The Bertz CT molecular complexity index is 345. The second-order valence-corrected chi connectivity index (χ2v) is 2.75. The molecule has 1 rings (SSSR count). The van der Waals surface area contributed by atoms with Crippen molar-refractivity contribution in [1.29, 1.82) is 5.26 Å². The van der Waals surface area contributed by atoms with Crippen LogP contribution in [0.25, 0.3) is 0 Å². The zero-order valence-electron chi connectivity index (χ0n) is 5.91. The molecule has 1 aromatic rings. The van der Waals surface area contributed by atoms with E-state index in [1.165, 1.54) is 12.4 Å². The lowest BCUT2D eigenvalue weighted by Crippen LogP contribution is -2.19. The maximum atomic E-state index is 11.0. The van der Waals surface area contributed by atoms with Gasteiger partial charge in [-0.2, -0.15) is 5.26 Å². The Hall–Kier alpha value is -1.41. The summed E-state index contributed by atoms with van der Waals surface area (Å²) in [5.74, 6) is -0.509. The molecule has 0 aliphatic heterocycles. The van der Waals surface area contributed by atoms with Crippen LogP contribution in [0.4, 0.5) is 0 Å². The molecule has 4 nitrogen and oxygen atoms in total. The van der Waals surface area contributed by atoms with Crippen LogP contribution in [0.15, 0.2) is 22.8 Å². The van der Waals surface area contributed by atoms with Crippen LogP contribution >= 0.6 is 15.9 Å². The first-order valence-electron chi connectivity index (χ1n) is 3.05. The summed E-state index contributed by atoms with van der Waals surface area (Å²) < 4.78 is 0.567. The molecule has 0 unspecified atom stereocenters. The van der Waals surface area contributed by atoms with Crippen LogP contribution in [0.3, 0.4) is 0 Å². The Balaban J connectivity index is 2.97. The smallest absolute Gasteiger partial charge is 0.266 e. The highest BCUT2D eigenvalue weighted by molar-refractivity contribution is 9.10. The van der Waals surface area contributed by atoms with Crippen LogP contribution in [0.1, 0.15) is 10.5 Å². The average Bonchev–Trinajstić information content (AvgIpc) is 2.05. The van der Waals surface area contributed by atoms with E-state index in [0.717, 1.165) is 0 Å². The minimum Gasteiger partial charge on any atom is -0.266 e. The number of nitrogens with one attached hydrogen (secondary N) is 1. The van der Waals surface area contributed by atoms with E-state index in [0.29, 0.717) is 4.47 Å². The molecule has 0 bridgehead atoms. The lowest BCUT2D eigenvalue weighted by molar-refractivity contribution is 0.0967. The number of pyridine rings is 1. The fraction of sp³-hybridized carbons (Fsp3) is 0. The van der Waals surface area contributed by atoms with E-state index in [1.807, 2.05) is 5.32 Å². The molecular weight excluding hydrogens is 222 g/mol. The summed E-state index contributed by atoms with van der Waals surface area (Å²) in [6, 6.07) is 3.37. The molecule has 0 saturated heterocycles. The van der Waals surface area contributed by atoms with E-state index in [-0.39, 0.29) is 5.69 Å². The number of hydrogen-bond donors (Lipinski definition) is 1. The third kappa shape index (κ3) is 1.80. The molecule has 0 spiro atoms. The van der Waals surface area contributed by atoms with Crippen molar-refractivity contribution in [3.05, 3.63) is 28.5 Å². The minimum atomic E-state index is -0.509. The fourth-order valence-electron chi connectivity index (χ4n) is 0.663. The maximum Gasteiger partial charge on any atom is 0.284 e. The Morgan fingerprint density at radius 3 is 3.08 bits per heavy atom. The van der Waals surface area contributed by atoms with Crippen LogP contribution in [-0.2, 0) is 0 Å². The van der Waals surface area contributed by atoms with Crippen molar-refractivity contribution in [3.8, 4) is 6.19 Å². The van der Waals surface area contributed by atoms with E-state index in [1.54, 1.807) is 12.1 Å². The van der Waals surface area contributed by atoms with E-state index in [9.17, 15) is 4.79 Å². The van der Waals surface area contributed by atoms with Gasteiger partial charge in [-0.1, -0.05) is 0 Å². The Labute approximate surface area is 77.4 Å². The van der Waals surface area contributed by atoms with Crippen LogP contribution in [-0.4, -0.2) is 10.9 Å². The van der Waals surface area contributed by atoms with Crippen LogP contribution in [0, 0.1) is 11.5 Å². The number of carbonyl (C=O) groups excluding carboxylic acids is 1. The van der Waals surface area contributed by atoms with Gasteiger partial charge < -0.3 is 0 Å². The quantitative estimate of drug-likeness (QED) is 0.575. The molecule has 1 aromatic heterocycles. The topological polar surface area (TPSA) is 65.8 Å². The van der Waals surface area contributed by atoms with Gasteiger partial charge >= 0.3 is 0 Å². The molecule has 0 saturated carbocycles. The van der Waals surface area contributed by atoms with Crippen LogP contribution in [0.2, 0.25) is 0 Å². The van der Waals surface area contributed by atoms with Gasteiger partial charge in [-0.25, -0.2) is 4.98 Å². The van der Waals surface area contributed by atoms with Crippen molar-refractivity contribution in [2.45, 2.75) is 0 Å². The summed E-state index contributed by atoms with van der Waals surface area (Å²) in [4.78, 5) is 14.8. The third-order valence-corrected chi connectivity index (χ3v) is 1.78. The second-order valence-electron chi connectivity index (χ2n) is 1.90. The molecule has 12 heavy (non-hydrogen) atoms. The van der Waals surface area contributed by atoms with Gasteiger partial charge in [0.05, 0.1) is 0 Å². The highest BCUT2D eigenvalue weighted by Crippen LogP contribution is 2.12. The van der Waals surface area contributed by atoms with Crippen molar-refractivity contribution in [2.75, 3.05) is 0 Å². The fourth-order valence-corrected chi connectivity index (χ4v) is 1.10. The van der Waals surface area contributed by atoms with Crippen LogP contribution in [0.5, 0.6) is 0 Å². The summed E-state index contributed by atoms with van der Waals surface area (Å²) in [5, 5.41) is 10.1. The number of amides is 1. The number of nitriles is 1. The Morgan fingerprint density at radius 1 is 1.75 bits per heavy atom. The van der Waals surface area contributed by atoms with Gasteiger partial charge in [-0.05, 0) is 28.1 Å². The zero-order chi connectivity index (χ0) is 8.97. The highest BCUT2D eigenvalue weighted by atomic mass is 79.9. The molecule has 0 aliphatic carbocycles. The predicted molar refractivity (Wildman–Crippen MR) is 45.0 cm³/mol. The number of aromatic nitrogens is 1. The van der Waals surface area contributed by atoms with Gasteiger partial charge in [-0.3, -0.25) is 10.1 Å². The van der Waals surface area contributed by atoms with Gasteiger partial charge in [0.2, 0.25) is 0 Å². The number of nitrogens with zero attached hydrogens (tertiary/aromatic N) is 2. The minimum absolute atomic E-state index is 0.207. The summed E-state index contributed by atoms with van der Waals surface area (Å²) in [5.41, 5.74) is 0.207. The molecule has 0 aliphatic rings. The largest absolute Gasteiger partial charge is 0.284 e. The molecule has 60 valence electrons. The maximum absolute atomic E-state index is 11.0. The molecule has 0 radical (unpaired) electrons. The number of rotatable bonds is 1. The van der Waals surface area contributed by atoms with Gasteiger partial charge in [0.25, 0.3) is 5.91 Å². The van der Waals surface area contributed by atoms with Crippen molar-refractivity contribution in [2.24, 2.45) is 0 Å². The van der Waals surface area contributed by atoms with E-state index < -0.39 is 5.91 Å². The van der Waals surface area contributed by atoms with Gasteiger partial charge in [0.1, 0.15) is 5.69 Å². The standard InChI is InChI=1S/C7H4BrN3O/c8-5-2-1-3-10-6(5)7(12)11-4-9/h1-3H,(H,11,12). The third-order valence-electron chi connectivity index (χ3n) is 1.14. The second kappa shape index (κ2) is 3.83. The lowest BCUT2D eigenvalue weighted by Gasteiger charge is -1.97. The first-order chi connectivity index (χ1) is 5.75. The number of hydrogen-bond acceptors (Lipinski definition) is 3. The van der Waals surface area contributed by atoms with Crippen molar-refractivity contribution in [1.82, 2.24) is 10.3 Å². The number of carbonyl (C=O) groups is 1. The normalized spacial score (nSPS) is 8.67. The van der Waals surface area contributed by atoms with Gasteiger partial charge in [0.15, 0.2) is 6.19 Å². The predicted octanol–water partition coefficient (Wildman–Crippen LogP) is 1.05. The molecule has 0 aromatic carbocycles. The van der Waals surface area contributed by atoms with Gasteiger partial charge in [-0.15, -0.1) is 0 Å². The summed E-state index contributed by atoms with van der Waals surface area (Å²) in [6.45, 7) is 0. The van der Waals surface area contributed by atoms with Gasteiger partial charge in [0, 0.05) is 10.7 Å². The summed E-state index contributed by atoms with van der Waals surface area (Å²) in [6.07, 6.45) is 3.02. The Kier molecular flexibility index (Phi) is 2.77. The zero-order valence-corrected chi connectivity index (χ0v) is 7.50. The summed E-state index contributed by atoms with van der Waals surface area (Å²) in [7, 11) is 0. The number of halogens is 1.